The van der Waals surface area contributed by atoms with E-state index in [1.165, 1.54) is 0 Å². The summed E-state index contributed by atoms with van der Waals surface area (Å²) in [6.45, 7) is 2.05. The largest absolute Gasteiger partial charge is 0.481 e. The molecule has 0 saturated heterocycles. The Kier molecular flexibility index (Phi) is 5.85. The van der Waals surface area contributed by atoms with Gasteiger partial charge in [0.1, 0.15) is 0 Å². The van der Waals surface area contributed by atoms with Gasteiger partial charge in [-0.2, -0.15) is 0 Å². The lowest BCUT2D eigenvalue weighted by atomic mass is 9.93. The molecular weight excluding hydrogens is 242 g/mol. The standard InChI is InChI=1S/C14H21N3O2/c1-3-4-5-12(13(18)19)10-6-8-11(9-7-10)17-14(15)16-2/h6-9,12H,3-5H2,1-2H3,(H,18,19)(H3,15,16,17). The fraction of sp³-hybridized carbons (Fsp3) is 0.429. The van der Waals surface area contributed by atoms with Crippen LogP contribution in [0.1, 0.15) is 37.7 Å². The molecule has 0 fully saturated rings. The van der Waals surface area contributed by atoms with E-state index in [1.54, 1.807) is 31.3 Å². The molecule has 0 saturated carbocycles. The minimum absolute atomic E-state index is 0.202. The second-order valence-corrected chi connectivity index (χ2v) is 4.41. The molecule has 1 aromatic rings. The number of aliphatic carboxylic acids is 1. The normalized spacial score (nSPS) is 11.7. The highest BCUT2D eigenvalue weighted by Crippen LogP contribution is 2.24. The number of guanidine groups is 1. The molecule has 5 nitrogen and oxygen atoms in total. The molecule has 0 amide bonds. The average molecular weight is 263 g/mol. The zero-order valence-corrected chi connectivity index (χ0v) is 11.4. The first-order valence-electron chi connectivity index (χ1n) is 6.44. The van der Waals surface area contributed by atoms with Crippen molar-refractivity contribution in [2.45, 2.75) is 32.1 Å². The molecule has 0 spiro atoms. The fourth-order valence-corrected chi connectivity index (χ4v) is 1.85. The van der Waals surface area contributed by atoms with E-state index in [-0.39, 0.29) is 5.96 Å². The maximum atomic E-state index is 11.3. The minimum atomic E-state index is -0.780. The van der Waals surface area contributed by atoms with Crippen molar-refractivity contribution in [1.82, 2.24) is 5.32 Å². The summed E-state index contributed by atoms with van der Waals surface area (Å²) in [5, 5.41) is 22.2. The molecule has 19 heavy (non-hydrogen) atoms. The zero-order chi connectivity index (χ0) is 14.3. The van der Waals surface area contributed by atoms with E-state index in [9.17, 15) is 9.90 Å². The lowest BCUT2D eigenvalue weighted by molar-refractivity contribution is -0.139. The van der Waals surface area contributed by atoms with E-state index < -0.39 is 11.9 Å². The van der Waals surface area contributed by atoms with Crippen LogP contribution in [0, 0.1) is 5.41 Å². The highest BCUT2D eigenvalue weighted by molar-refractivity contribution is 5.90. The van der Waals surface area contributed by atoms with Crippen molar-refractivity contribution in [2.24, 2.45) is 0 Å². The van der Waals surface area contributed by atoms with Crippen molar-refractivity contribution in [3.8, 4) is 0 Å². The summed E-state index contributed by atoms with van der Waals surface area (Å²) in [6, 6.07) is 7.20. The maximum absolute atomic E-state index is 11.3. The van der Waals surface area contributed by atoms with Crippen molar-refractivity contribution in [2.75, 3.05) is 12.4 Å². The molecule has 1 rings (SSSR count). The van der Waals surface area contributed by atoms with E-state index in [2.05, 4.69) is 17.6 Å². The molecule has 0 aromatic heterocycles. The molecule has 1 aromatic carbocycles. The smallest absolute Gasteiger partial charge is 0.310 e. The number of carbonyl (C=O) groups is 1. The van der Waals surface area contributed by atoms with Crippen LogP contribution >= 0.6 is 0 Å². The summed E-state index contributed by atoms with van der Waals surface area (Å²) >= 11 is 0. The molecule has 0 aliphatic carbocycles. The van der Waals surface area contributed by atoms with E-state index in [1.807, 2.05) is 0 Å². The van der Waals surface area contributed by atoms with Crippen LogP contribution in [0.3, 0.4) is 0 Å². The Morgan fingerprint density at radius 2 is 2.00 bits per heavy atom. The quantitative estimate of drug-likeness (QED) is 0.469. The van der Waals surface area contributed by atoms with Crippen LogP contribution < -0.4 is 10.6 Å². The van der Waals surface area contributed by atoms with Gasteiger partial charge in [0.25, 0.3) is 0 Å². The van der Waals surface area contributed by atoms with E-state index in [0.29, 0.717) is 6.42 Å². The van der Waals surface area contributed by atoms with Crippen molar-refractivity contribution in [3.63, 3.8) is 0 Å². The first kappa shape index (κ1) is 15.0. The molecular formula is C14H21N3O2. The van der Waals surface area contributed by atoms with Gasteiger partial charge in [-0.3, -0.25) is 10.2 Å². The molecule has 0 radical (unpaired) electrons. The molecule has 0 aliphatic rings. The third-order valence-corrected chi connectivity index (χ3v) is 2.98. The van der Waals surface area contributed by atoms with Gasteiger partial charge in [0.15, 0.2) is 5.96 Å². The van der Waals surface area contributed by atoms with Gasteiger partial charge >= 0.3 is 5.97 Å². The molecule has 0 bridgehead atoms. The zero-order valence-electron chi connectivity index (χ0n) is 11.4. The number of rotatable bonds is 6. The number of benzene rings is 1. The summed E-state index contributed by atoms with van der Waals surface area (Å²) in [6.07, 6.45) is 2.55. The Hall–Kier alpha value is -2.04. The topological polar surface area (TPSA) is 85.2 Å². The van der Waals surface area contributed by atoms with Crippen LogP contribution in [0.5, 0.6) is 0 Å². The molecule has 1 atom stereocenters. The van der Waals surface area contributed by atoms with Gasteiger partial charge in [0, 0.05) is 12.7 Å². The average Bonchev–Trinajstić information content (AvgIpc) is 2.40. The lowest BCUT2D eigenvalue weighted by Gasteiger charge is -2.13. The van der Waals surface area contributed by atoms with Gasteiger partial charge in [-0.15, -0.1) is 0 Å². The Balaban J connectivity index is 2.77. The first-order valence-corrected chi connectivity index (χ1v) is 6.44. The summed E-state index contributed by atoms with van der Waals surface area (Å²) < 4.78 is 0. The van der Waals surface area contributed by atoms with Gasteiger partial charge in [-0.05, 0) is 24.1 Å². The molecule has 1 unspecified atom stereocenters. The van der Waals surface area contributed by atoms with Gasteiger partial charge in [-0.1, -0.05) is 31.9 Å². The third kappa shape index (κ3) is 4.62. The molecule has 4 N–H and O–H groups in total. The van der Waals surface area contributed by atoms with Crippen LogP contribution in [-0.2, 0) is 4.79 Å². The van der Waals surface area contributed by atoms with Crippen molar-refractivity contribution < 1.29 is 9.90 Å². The van der Waals surface area contributed by atoms with Crippen LogP contribution in [0.2, 0.25) is 0 Å². The van der Waals surface area contributed by atoms with Crippen LogP contribution in [0.25, 0.3) is 0 Å². The molecule has 5 heteroatoms. The number of hydrogen-bond donors (Lipinski definition) is 4. The van der Waals surface area contributed by atoms with Gasteiger partial charge in [-0.25, -0.2) is 0 Å². The number of unbranched alkanes of at least 4 members (excludes halogenated alkanes) is 1. The molecule has 104 valence electrons. The van der Waals surface area contributed by atoms with Crippen molar-refractivity contribution in [3.05, 3.63) is 29.8 Å². The molecule has 0 aliphatic heterocycles. The van der Waals surface area contributed by atoms with Crippen LogP contribution in [0.15, 0.2) is 24.3 Å². The Morgan fingerprint density at radius 3 is 2.47 bits per heavy atom. The van der Waals surface area contributed by atoms with Crippen LogP contribution in [-0.4, -0.2) is 24.1 Å². The van der Waals surface area contributed by atoms with Crippen molar-refractivity contribution in [1.29, 1.82) is 5.41 Å². The predicted molar refractivity (Wildman–Crippen MR) is 76.8 cm³/mol. The number of carboxylic acids is 1. The summed E-state index contributed by atoms with van der Waals surface area (Å²) in [7, 11) is 1.66. The van der Waals surface area contributed by atoms with Gasteiger partial charge in [0.2, 0.25) is 0 Å². The maximum Gasteiger partial charge on any atom is 0.310 e. The Morgan fingerprint density at radius 1 is 1.37 bits per heavy atom. The number of nitrogens with one attached hydrogen (secondary N) is 3. The fourth-order valence-electron chi connectivity index (χ4n) is 1.85. The van der Waals surface area contributed by atoms with Crippen LogP contribution in [0.4, 0.5) is 5.69 Å². The first-order chi connectivity index (χ1) is 9.08. The Labute approximate surface area is 113 Å². The van der Waals surface area contributed by atoms with Gasteiger partial charge in [0.05, 0.1) is 5.92 Å². The van der Waals surface area contributed by atoms with Crippen molar-refractivity contribution >= 4 is 17.6 Å². The highest BCUT2D eigenvalue weighted by atomic mass is 16.4. The summed E-state index contributed by atoms with van der Waals surface area (Å²) in [4.78, 5) is 11.3. The minimum Gasteiger partial charge on any atom is -0.481 e. The number of hydrogen-bond acceptors (Lipinski definition) is 2. The second kappa shape index (κ2) is 7.41. The number of anilines is 1. The predicted octanol–water partition coefficient (Wildman–Crippen LogP) is 2.61. The van der Waals surface area contributed by atoms with Gasteiger partial charge < -0.3 is 15.7 Å². The van der Waals surface area contributed by atoms with E-state index in [0.717, 1.165) is 24.1 Å². The Bertz CT molecular complexity index is 429. The third-order valence-electron chi connectivity index (χ3n) is 2.98. The lowest BCUT2D eigenvalue weighted by Crippen LogP contribution is -2.25. The molecule has 0 heterocycles. The summed E-state index contributed by atoms with van der Waals surface area (Å²) in [5.74, 6) is -1.02. The monoisotopic (exact) mass is 263 g/mol. The van der Waals surface area contributed by atoms with E-state index >= 15 is 0 Å². The second-order valence-electron chi connectivity index (χ2n) is 4.41. The SMILES string of the molecule is CCCCC(C(=O)O)c1ccc(NC(=N)NC)cc1. The number of carboxylic acid groups (broad SMARTS) is 1. The highest BCUT2D eigenvalue weighted by Gasteiger charge is 2.18. The van der Waals surface area contributed by atoms with E-state index in [4.69, 9.17) is 5.41 Å². The summed E-state index contributed by atoms with van der Waals surface area (Å²) in [5.41, 5.74) is 1.57.